The lowest BCUT2D eigenvalue weighted by Gasteiger charge is -2.27. The van der Waals surface area contributed by atoms with Crippen LogP contribution in [0, 0.1) is 18.8 Å². The number of nitrogens with zero attached hydrogens (tertiary/aromatic N) is 2. The Labute approximate surface area is 214 Å². The molecule has 2 aliphatic heterocycles. The Morgan fingerprint density at radius 2 is 2.06 bits per heavy atom. The van der Waals surface area contributed by atoms with E-state index in [0.29, 0.717) is 47.1 Å². The number of hydrogen-bond donors (Lipinski definition) is 2. The van der Waals surface area contributed by atoms with E-state index in [1.54, 1.807) is 6.07 Å². The summed E-state index contributed by atoms with van der Waals surface area (Å²) < 4.78 is 6.09. The average molecular weight is 503 g/mol. The van der Waals surface area contributed by atoms with E-state index in [2.05, 4.69) is 10.3 Å². The van der Waals surface area contributed by atoms with Crippen molar-refractivity contribution < 1.29 is 14.3 Å². The van der Waals surface area contributed by atoms with Gasteiger partial charge in [0.2, 0.25) is 0 Å². The number of thiazole rings is 1. The zero-order valence-electron chi connectivity index (χ0n) is 20.7. The Hall–Kier alpha value is -3.39. The van der Waals surface area contributed by atoms with Crippen molar-refractivity contribution in [2.24, 2.45) is 11.8 Å². The molecule has 36 heavy (non-hydrogen) atoms. The second kappa shape index (κ2) is 8.34. The summed E-state index contributed by atoms with van der Waals surface area (Å²) in [5, 5.41) is 3.47. The molecule has 6 rings (SSSR count). The number of nitrogens with one attached hydrogen (secondary N) is 1. The zero-order valence-corrected chi connectivity index (χ0v) is 21.5. The summed E-state index contributed by atoms with van der Waals surface area (Å²) in [4.78, 5) is 34.0. The number of hydrogen-bond acceptors (Lipinski definition) is 6. The number of carbonyl (C=O) groups is 2. The van der Waals surface area contributed by atoms with Crippen molar-refractivity contribution in [3.63, 3.8) is 0 Å². The van der Waals surface area contributed by atoms with Crippen LogP contribution in [0.2, 0.25) is 0 Å². The van der Waals surface area contributed by atoms with E-state index >= 15 is 0 Å². The molecule has 2 aromatic carbocycles. The topological polar surface area (TPSA) is 97.5 Å². The van der Waals surface area contributed by atoms with Gasteiger partial charge in [-0.3, -0.25) is 9.59 Å². The molecule has 0 spiro atoms. The third-order valence-corrected chi connectivity index (χ3v) is 8.43. The van der Waals surface area contributed by atoms with E-state index in [4.69, 9.17) is 10.5 Å². The molecular formula is C28H30N4O3S. The summed E-state index contributed by atoms with van der Waals surface area (Å²) in [6, 6.07) is 13.7. The lowest BCUT2D eigenvalue weighted by molar-refractivity contribution is 0.0689. The van der Waals surface area contributed by atoms with Crippen LogP contribution in [0.5, 0.6) is 5.75 Å². The average Bonchev–Trinajstić information content (AvgIpc) is 3.17. The number of aryl methyl sites for hydroxylation is 1. The number of piperidine rings is 1. The molecule has 3 aromatic rings. The number of nitrogens with two attached hydrogens (primary N) is 1. The number of nitrogen functional groups attached to an aromatic ring is 1. The van der Waals surface area contributed by atoms with E-state index in [1.807, 2.05) is 62.1 Å². The first kappa shape index (κ1) is 23.0. The van der Waals surface area contributed by atoms with Gasteiger partial charge < -0.3 is 20.7 Å². The van der Waals surface area contributed by atoms with Crippen LogP contribution in [0.25, 0.3) is 10.4 Å². The minimum Gasteiger partial charge on any atom is -0.486 e. The summed E-state index contributed by atoms with van der Waals surface area (Å²) in [5.74, 6) is 1.28. The number of amides is 2. The number of para-hydroxylation sites is 1. The second-order valence-electron chi connectivity index (χ2n) is 10.8. The highest BCUT2D eigenvalue weighted by Crippen LogP contribution is 2.50. The number of aromatic nitrogens is 1. The van der Waals surface area contributed by atoms with Crippen LogP contribution in [-0.4, -0.2) is 46.4 Å². The minimum absolute atomic E-state index is 0.0612. The number of anilines is 1. The maximum absolute atomic E-state index is 13.7. The Bertz CT molecular complexity index is 1380. The second-order valence-corrected chi connectivity index (χ2v) is 11.9. The number of benzene rings is 2. The standard InChI is InChI=1S/C28H30N4O3S/c1-15-6-4-7-16(10-15)24-22(31-27(29)36-24)26(34)32-14-18-11-20(18)21(32)13-30-25(33)19-9-5-8-17-12-28(2,3)35-23(17)19/h4-10,18,20-21H,11-14H2,1-3H3,(H2,29,31)(H,30,33)/t18-,20-,21-/m1/s1. The first-order valence-electron chi connectivity index (χ1n) is 12.4. The molecule has 2 amide bonds. The third-order valence-electron chi connectivity index (χ3n) is 7.50. The number of likely N-dealkylation sites (tertiary alicyclic amines) is 1. The molecule has 1 saturated carbocycles. The van der Waals surface area contributed by atoms with Gasteiger partial charge >= 0.3 is 0 Å². The zero-order chi connectivity index (χ0) is 25.2. The molecule has 0 unspecified atom stereocenters. The predicted octanol–water partition coefficient (Wildman–Crippen LogP) is 4.30. The fourth-order valence-corrected chi connectivity index (χ4v) is 6.57. The summed E-state index contributed by atoms with van der Waals surface area (Å²) >= 11 is 1.34. The van der Waals surface area contributed by atoms with Crippen molar-refractivity contribution in [2.45, 2.75) is 45.3 Å². The van der Waals surface area contributed by atoms with E-state index in [-0.39, 0.29) is 23.5 Å². The molecule has 2 fully saturated rings. The highest BCUT2D eigenvalue weighted by atomic mass is 32.1. The molecule has 0 bridgehead atoms. The molecule has 0 radical (unpaired) electrons. The van der Waals surface area contributed by atoms with Crippen molar-refractivity contribution in [2.75, 3.05) is 18.8 Å². The lowest BCUT2D eigenvalue weighted by atomic mass is 10.0. The molecule has 8 heteroatoms. The molecule has 3 N–H and O–H groups in total. The SMILES string of the molecule is Cc1cccc(-c2sc(N)nc2C(=O)N2C[C@H]3C[C@H]3[C@H]2CNC(=O)c2cccc3c2OC(C)(C)C3)c1. The van der Waals surface area contributed by atoms with Gasteiger partial charge in [-0.05, 0) is 56.2 Å². The number of carbonyl (C=O) groups excluding carboxylic acids is 2. The fourth-order valence-electron chi connectivity index (χ4n) is 5.75. The Morgan fingerprint density at radius 1 is 1.25 bits per heavy atom. The molecule has 1 aromatic heterocycles. The van der Waals surface area contributed by atoms with Gasteiger partial charge in [0.1, 0.15) is 17.0 Å². The number of ether oxygens (including phenoxy) is 1. The molecule has 3 aliphatic rings. The highest BCUT2D eigenvalue weighted by molar-refractivity contribution is 7.19. The smallest absolute Gasteiger partial charge is 0.274 e. The van der Waals surface area contributed by atoms with E-state index in [9.17, 15) is 9.59 Å². The molecular weight excluding hydrogens is 472 g/mol. The van der Waals surface area contributed by atoms with Gasteiger partial charge in [0.05, 0.1) is 16.5 Å². The minimum atomic E-state index is -0.320. The van der Waals surface area contributed by atoms with Gasteiger partial charge in [0.25, 0.3) is 11.8 Å². The van der Waals surface area contributed by atoms with Crippen molar-refractivity contribution in [3.05, 3.63) is 64.8 Å². The van der Waals surface area contributed by atoms with Crippen LogP contribution in [0.1, 0.15) is 52.2 Å². The van der Waals surface area contributed by atoms with Crippen LogP contribution in [0.4, 0.5) is 5.13 Å². The number of fused-ring (bicyclic) bond motifs is 2. The van der Waals surface area contributed by atoms with Gasteiger partial charge in [-0.15, -0.1) is 0 Å². The Balaban J connectivity index is 1.21. The molecule has 7 nitrogen and oxygen atoms in total. The number of rotatable bonds is 5. The van der Waals surface area contributed by atoms with Gasteiger partial charge in [0, 0.05) is 19.5 Å². The molecule has 3 heterocycles. The maximum atomic E-state index is 13.7. The van der Waals surface area contributed by atoms with Crippen molar-refractivity contribution >= 4 is 28.3 Å². The van der Waals surface area contributed by atoms with E-state index in [1.165, 1.54) is 11.3 Å². The van der Waals surface area contributed by atoms with Crippen molar-refractivity contribution in [3.8, 4) is 16.2 Å². The first-order chi connectivity index (χ1) is 17.2. The van der Waals surface area contributed by atoms with Gasteiger partial charge in [-0.1, -0.05) is 53.3 Å². The van der Waals surface area contributed by atoms with Crippen molar-refractivity contribution in [1.82, 2.24) is 15.2 Å². The third kappa shape index (κ3) is 4.03. The van der Waals surface area contributed by atoms with Crippen LogP contribution < -0.4 is 15.8 Å². The predicted molar refractivity (Wildman–Crippen MR) is 140 cm³/mol. The van der Waals surface area contributed by atoms with Gasteiger partial charge in [-0.2, -0.15) is 0 Å². The highest BCUT2D eigenvalue weighted by Gasteiger charge is 2.54. The quantitative estimate of drug-likeness (QED) is 0.542. The van der Waals surface area contributed by atoms with Crippen molar-refractivity contribution in [1.29, 1.82) is 0 Å². The molecule has 186 valence electrons. The normalized spacial score (nSPS) is 23.1. The molecule has 3 atom stereocenters. The Kier molecular flexibility index (Phi) is 5.33. The largest absolute Gasteiger partial charge is 0.486 e. The summed E-state index contributed by atoms with van der Waals surface area (Å²) in [7, 11) is 0. The van der Waals surface area contributed by atoms with E-state index < -0.39 is 0 Å². The van der Waals surface area contributed by atoms with Crippen LogP contribution in [-0.2, 0) is 6.42 Å². The van der Waals surface area contributed by atoms with Gasteiger partial charge in [0.15, 0.2) is 5.13 Å². The lowest BCUT2D eigenvalue weighted by Crippen LogP contribution is -2.45. The maximum Gasteiger partial charge on any atom is 0.274 e. The summed E-state index contributed by atoms with van der Waals surface area (Å²) in [6.45, 7) is 7.17. The monoisotopic (exact) mass is 502 g/mol. The van der Waals surface area contributed by atoms with Crippen LogP contribution in [0.15, 0.2) is 42.5 Å². The summed E-state index contributed by atoms with van der Waals surface area (Å²) in [5.41, 5.74) is 9.80. The van der Waals surface area contributed by atoms with Crippen LogP contribution >= 0.6 is 11.3 Å². The molecule has 1 saturated heterocycles. The fraction of sp³-hybridized carbons (Fsp3) is 0.393. The van der Waals surface area contributed by atoms with Crippen LogP contribution in [0.3, 0.4) is 0 Å². The van der Waals surface area contributed by atoms with E-state index in [0.717, 1.165) is 34.4 Å². The first-order valence-corrected chi connectivity index (χ1v) is 13.3. The Morgan fingerprint density at radius 3 is 2.86 bits per heavy atom. The molecule has 1 aliphatic carbocycles. The van der Waals surface area contributed by atoms with Gasteiger partial charge in [-0.25, -0.2) is 4.98 Å². The summed E-state index contributed by atoms with van der Waals surface area (Å²) in [6.07, 6.45) is 1.87.